The molecule has 0 fully saturated rings. The molecule has 0 aliphatic heterocycles. The van der Waals surface area contributed by atoms with Crippen LogP contribution in [0.5, 0.6) is 0 Å². The van der Waals surface area contributed by atoms with Crippen molar-refractivity contribution in [2.75, 3.05) is 0 Å². The molecule has 0 saturated heterocycles. The SMILES string of the molecule is NC(=O)c1ccc2nc(-c3ccc(Cc4ccccc4)cc3)[nH]c2c1. The third kappa shape index (κ3) is 3.15. The lowest BCUT2D eigenvalue weighted by molar-refractivity contribution is 0.100. The number of carbonyl (C=O) groups excluding carboxylic acids is 1. The van der Waals surface area contributed by atoms with Crippen molar-refractivity contribution >= 4 is 16.9 Å². The molecule has 4 nitrogen and oxygen atoms in total. The van der Waals surface area contributed by atoms with E-state index >= 15 is 0 Å². The summed E-state index contributed by atoms with van der Waals surface area (Å²) in [5.74, 6) is 0.339. The summed E-state index contributed by atoms with van der Waals surface area (Å²) in [6, 6.07) is 24.0. The van der Waals surface area contributed by atoms with Crippen LogP contribution in [-0.4, -0.2) is 15.9 Å². The number of amides is 1. The monoisotopic (exact) mass is 327 g/mol. The number of nitrogens with zero attached hydrogens (tertiary/aromatic N) is 1. The van der Waals surface area contributed by atoms with E-state index < -0.39 is 5.91 Å². The first-order valence-corrected chi connectivity index (χ1v) is 8.12. The van der Waals surface area contributed by atoms with E-state index in [0.717, 1.165) is 28.8 Å². The lowest BCUT2D eigenvalue weighted by Gasteiger charge is -2.03. The fraction of sp³-hybridized carbons (Fsp3) is 0.0476. The highest BCUT2D eigenvalue weighted by molar-refractivity contribution is 5.96. The van der Waals surface area contributed by atoms with Crippen molar-refractivity contribution in [1.82, 2.24) is 9.97 Å². The van der Waals surface area contributed by atoms with Gasteiger partial charge in [0.15, 0.2) is 0 Å². The minimum absolute atomic E-state index is 0.441. The Balaban J connectivity index is 1.61. The Morgan fingerprint density at radius 2 is 1.64 bits per heavy atom. The molecular weight excluding hydrogens is 310 g/mol. The average molecular weight is 327 g/mol. The Bertz CT molecular complexity index is 1030. The number of aromatic nitrogens is 2. The number of rotatable bonds is 4. The zero-order chi connectivity index (χ0) is 17.2. The van der Waals surface area contributed by atoms with E-state index in [-0.39, 0.29) is 0 Å². The van der Waals surface area contributed by atoms with Crippen LogP contribution in [0.15, 0.2) is 72.8 Å². The van der Waals surface area contributed by atoms with Crippen LogP contribution >= 0.6 is 0 Å². The molecule has 1 aromatic heterocycles. The van der Waals surface area contributed by atoms with E-state index in [1.54, 1.807) is 18.2 Å². The van der Waals surface area contributed by atoms with Gasteiger partial charge in [-0.05, 0) is 35.7 Å². The van der Waals surface area contributed by atoms with Crippen LogP contribution in [0, 0.1) is 0 Å². The summed E-state index contributed by atoms with van der Waals surface area (Å²) in [5.41, 5.74) is 11.0. The number of H-pyrrole nitrogens is 1. The summed E-state index contributed by atoms with van der Waals surface area (Å²) >= 11 is 0. The number of fused-ring (bicyclic) bond motifs is 1. The van der Waals surface area contributed by atoms with Gasteiger partial charge in [0.05, 0.1) is 11.0 Å². The van der Waals surface area contributed by atoms with Crippen molar-refractivity contribution in [2.45, 2.75) is 6.42 Å². The Hall–Kier alpha value is -3.40. The van der Waals surface area contributed by atoms with Gasteiger partial charge in [-0.3, -0.25) is 4.79 Å². The van der Waals surface area contributed by atoms with Crippen LogP contribution in [0.2, 0.25) is 0 Å². The summed E-state index contributed by atoms with van der Waals surface area (Å²) in [6.07, 6.45) is 0.906. The molecule has 0 bridgehead atoms. The van der Waals surface area contributed by atoms with Gasteiger partial charge in [0.25, 0.3) is 0 Å². The van der Waals surface area contributed by atoms with Crippen LogP contribution in [0.1, 0.15) is 21.5 Å². The third-order valence-corrected chi connectivity index (χ3v) is 4.24. The van der Waals surface area contributed by atoms with Crippen LogP contribution in [0.3, 0.4) is 0 Å². The van der Waals surface area contributed by atoms with Gasteiger partial charge < -0.3 is 10.7 Å². The van der Waals surface area contributed by atoms with Gasteiger partial charge in [0.2, 0.25) is 5.91 Å². The molecule has 0 saturated carbocycles. The second-order valence-electron chi connectivity index (χ2n) is 6.04. The molecule has 4 heteroatoms. The highest BCUT2D eigenvalue weighted by atomic mass is 16.1. The maximum Gasteiger partial charge on any atom is 0.248 e. The van der Waals surface area contributed by atoms with Gasteiger partial charge in [0, 0.05) is 11.1 Å². The molecule has 0 aliphatic rings. The zero-order valence-corrected chi connectivity index (χ0v) is 13.6. The molecule has 0 spiro atoms. The number of aromatic amines is 1. The molecular formula is C21H17N3O. The number of nitrogens with two attached hydrogens (primary N) is 1. The maximum absolute atomic E-state index is 11.3. The number of imidazole rings is 1. The first-order chi connectivity index (χ1) is 12.2. The van der Waals surface area contributed by atoms with Gasteiger partial charge in [-0.15, -0.1) is 0 Å². The lowest BCUT2D eigenvalue weighted by atomic mass is 10.0. The van der Waals surface area contributed by atoms with Crippen molar-refractivity contribution in [3.63, 3.8) is 0 Å². The smallest absolute Gasteiger partial charge is 0.248 e. The van der Waals surface area contributed by atoms with Crippen molar-refractivity contribution in [3.05, 3.63) is 89.5 Å². The van der Waals surface area contributed by atoms with Crippen molar-refractivity contribution in [1.29, 1.82) is 0 Å². The van der Waals surface area contributed by atoms with E-state index in [1.165, 1.54) is 11.1 Å². The number of primary amides is 1. The minimum atomic E-state index is -0.441. The Morgan fingerprint density at radius 1 is 0.920 bits per heavy atom. The first-order valence-electron chi connectivity index (χ1n) is 8.12. The molecule has 3 aromatic carbocycles. The fourth-order valence-electron chi connectivity index (χ4n) is 2.91. The van der Waals surface area contributed by atoms with E-state index in [9.17, 15) is 4.79 Å². The Morgan fingerprint density at radius 3 is 2.36 bits per heavy atom. The number of carbonyl (C=O) groups is 1. The molecule has 122 valence electrons. The number of nitrogens with one attached hydrogen (secondary N) is 1. The highest BCUT2D eigenvalue weighted by Gasteiger charge is 2.08. The third-order valence-electron chi connectivity index (χ3n) is 4.24. The molecule has 0 unspecified atom stereocenters. The van der Waals surface area contributed by atoms with E-state index in [0.29, 0.717) is 5.56 Å². The summed E-state index contributed by atoms with van der Waals surface area (Å²) in [6.45, 7) is 0. The zero-order valence-electron chi connectivity index (χ0n) is 13.6. The van der Waals surface area contributed by atoms with E-state index in [4.69, 9.17) is 5.73 Å². The van der Waals surface area contributed by atoms with Gasteiger partial charge in [-0.1, -0.05) is 54.6 Å². The Kier molecular flexibility index (Phi) is 3.78. The number of benzene rings is 3. The normalized spacial score (nSPS) is 10.9. The quantitative estimate of drug-likeness (QED) is 0.596. The molecule has 0 radical (unpaired) electrons. The predicted molar refractivity (Wildman–Crippen MR) is 99.3 cm³/mol. The molecule has 4 rings (SSSR count). The van der Waals surface area contributed by atoms with E-state index in [2.05, 4.69) is 58.5 Å². The number of hydrogen-bond acceptors (Lipinski definition) is 2. The second-order valence-corrected chi connectivity index (χ2v) is 6.04. The van der Waals surface area contributed by atoms with Gasteiger partial charge >= 0.3 is 0 Å². The maximum atomic E-state index is 11.3. The standard InChI is InChI=1S/C21H17N3O/c22-20(25)17-10-11-18-19(13-17)24-21(23-18)16-8-6-15(7-9-16)12-14-4-2-1-3-5-14/h1-11,13H,12H2,(H2,22,25)(H,23,24). The van der Waals surface area contributed by atoms with E-state index in [1.807, 2.05) is 6.07 Å². The molecule has 0 atom stereocenters. The molecule has 1 heterocycles. The molecule has 0 aliphatic carbocycles. The predicted octanol–water partition coefficient (Wildman–Crippen LogP) is 3.92. The van der Waals surface area contributed by atoms with Crippen LogP contribution in [0.4, 0.5) is 0 Å². The van der Waals surface area contributed by atoms with Gasteiger partial charge in [-0.25, -0.2) is 4.98 Å². The summed E-state index contributed by atoms with van der Waals surface area (Å²) < 4.78 is 0. The van der Waals surface area contributed by atoms with Gasteiger partial charge in [0.1, 0.15) is 5.82 Å². The lowest BCUT2D eigenvalue weighted by Crippen LogP contribution is -2.10. The fourth-order valence-corrected chi connectivity index (χ4v) is 2.91. The summed E-state index contributed by atoms with van der Waals surface area (Å²) in [4.78, 5) is 19.1. The number of hydrogen-bond donors (Lipinski definition) is 2. The molecule has 4 aromatic rings. The summed E-state index contributed by atoms with van der Waals surface area (Å²) in [7, 11) is 0. The average Bonchev–Trinajstić information content (AvgIpc) is 3.06. The van der Waals surface area contributed by atoms with Crippen molar-refractivity contribution in [2.24, 2.45) is 5.73 Å². The molecule has 25 heavy (non-hydrogen) atoms. The van der Waals surface area contributed by atoms with Crippen LogP contribution in [0.25, 0.3) is 22.4 Å². The molecule has 3 N–H and O–H groups in total. The van der Waals surface area contributed by atoms with Crippen molar-refractivity contribution in [3.8, 4) is 11.4 Å². The topological polar surface area (TPSA) is 71.8 Å². The highest BCUT2D eigenvalue weighted by Crippen LogP contribution is 2.22. The van der Waals surface area contributed by atoms with Crippen LogP contribution < -0.4 is 5.73 Å². The van der Waals surface area contributed by atoms with Crippen LogP contribution in [-0.2, 0) is 6.42 Å². The van der Waals surface area contributed by atoms with Gasteiger partial charge in [-0.2, -0.15) is 0 Å². The largest absolute Gasteiger partial charge is 0.366 e. The minimum Gasteiger partial charge on any atom is -0.366 e. The second kappa shape index (κ2) is 6.24. The molecule has 1 amide bonds. The van der Waals surface area contributed by atoms with Crippen molar-refractivity contribution < 1.29 is 4.79 Å². The Labute approximate surface area is 145 Å². The summed E-state index contributed by atoms with van der Waals surface area (Å²) in [5, 5.41) is 0. The first kappa shape index (κ1) is 15.1.